The van der Waals surface area contributed by atoms with Gasteiger partial charge < -0.3 is 14.4 Å². The molecule has 24 heavy (non-hydrogen) atoms. The highest BCUT2D eigenvalue weighted by Gasteiger charge is 2.21. The van der Waals surface area contributed by atoms with Crippen LogP contribution in [0, 0.1) is 11.3 Å². The first-order valence-electron chi connectivity index (χ1n) is 8.14. The van der Waals surface area contributed by atoms with Crippen molar-refractivity contribution in [3.63, 3.8) is 0 Å². The molecule has 120 valence electrons. The van der Waals surface area contributed by atoms with Crippen LogP contribution >= 0.6 is 0 Å². The zero-order valence-corrected chi connectivity index (χ0v) is 13.3. The Morgan fingerprint density at radius 3 is 3.00 bits per heavy atom. The number of pyridine rings is 1. The van der Waals surface area contributed by atoms with Gasteiger partial charge in [0.2, 0.25) is 0 Å². The van der Waals surface area contributed by atoms with E-state index in [2.05, 4.69) is 22.0 Å². The smallest absolute Gasteiger partial charge is 0.137 e. The van der Waals surface area contributed by atoms with Crippen molar-refractivity contribution in [2.45, 2.75) is 25.5 Å². The number of fused-ring (bicyclic) bond motifs is 2. The van der Waals surface area contributed by atoms with Crippen LogP contribution in [0.1, 0.15) is 35.8 Å². The second-order valence-corrected chi connectivity index (χ2v) is 6.15. The van der Waals surface area contributed by atoms with Gasteiger partial charge in [-0.05, 0) is 31.0 Å². The molecule has 3 heterocycles. The van der Waals surface area contributed by atoms with Gasteiger partial charge in [0.25, 0.3) is 0 Å². The number of imidazole rings is 1. The lowest BCUT2D eigenvalue weighted by Crippen LogP contribution is -2.24. The van der Waals surface area contributed by atoms with Gasteiger partial charge in [-0.15, -0.1) is 0 Å². The first-order valence-corrected chi connectivity index (χ1v) is 8.14. The number of nitrogens with zero attached hydrogens (tertiary/aromatic N) is 4. The van der Waals surface area contributed by atoms with Gasteiger partial charge in [-0.2, -0.15) is 5.26 Å². The average Bonchev–Trinajstić information content (AvgIpc) is 2.95. The predicted molar refractivity (Wildman–Crippen MR) is 91.6 cm³/mol. The molecule has 1 aromatic carbocycles. The summed E-state index contributed by atoms with van der Waals surface area (Å²) < 4.78 is 1.97. The Morgan fingerprint density at radius 1 is 1.25 bits per heavy atom. The average molecular weight is 318 g/mol. The summed E-state index contributed by atoms with van der Waals surface area (Å²) in [6.45, 7) is 1.58. The minimum Gasteiger partial charge on any atom is -0.388 e. The van der Waals surface area contributed by atoms with Crippen LogP contribution in [0.25, 0.3) is 5.65 Å². The number of aliphatic hydroxyl groups excluding tert-OH is 1. The summed E-state index contributed by atoms with van der Waals surface area (Å²) in [5.41, 5.74) is 4.56. The molecule has 0 fully saturated rings. The first-order chi connectivity index (χ1) is 11.8. The summed E-state index contributed by atoms with van der Waals surface area (Å²) in [7, 11) is 0. The zero-order valence-electron chi connectivity index (χ0n) is 13.3. The topological polar surface area (TPSA) is 64.6 Å². The van der Waals surface area contributed by atoms with Crippen LogP contribution in [0.3, 0.4) is 0 Å². The number of hydrogen-bond acceptors (Lipinski definition) is 4. The van der Waals surface area contributed by atoms with E-state index in [1.165, 1.54) is 0 Å². The minimum absolute atomic E-state index is 0.404. The fourth-order valence-corrected chi connectivity index (χ4v) is 3.38. The monoisotopic (exact) mass is 318 g/mol. The second-order valence-electron chi connectivity index (χ2n) is 6.15. The van der Waals surface area contributed by atoms with Gasteiger partial charge in [0.15, 0.2) is 0 Å². The van der Waals surface area contributed by atoms with Gasteiger partial charge in [-0.3, -0.25) is 0 Å². The Bertz CT molecular complexity index is 925. The molecule has 2 aromatic heterocycles. The van der Waals surface area contributed by atoms with Crippen LogP contribution in [-0.4, -0.2) is 21.0 Å². The summed E-state index contributed by atoms with van der Waals surface area (Å²) in [5, 5.41) is 19.5. The number of aliphatic hydroxyl groups is 1. The molecule has 1 aliphatic rings. The van der Waals surface area contributed by atoms with Gasteiger partial charge in [-0.1, -0.05) is 18.2 Å². The van der Waals surface area contributed by atoms with Crippen molar-refractivity contribution in [1.29, 1.82) is 5.26 Å². The normalized spacial score (nSPS) is 17.3. The third-order valence-corrected chi connectivity index (χ3v) is 4.61. The standard InChI is InChI=1S/C19H18N4O/c20-10-14-7-8-19-21-11-15(23(19)12-14)13-22-9-3-6-18(24)16-4-1-2-5-17(16)22/h1-2,4-5,7-8,11-12,18,24H,3,6,9,13H2. The number of para-hydroxylation sites is 1. The van der Waals surface area contributed by atoms with Crippen LogP contribution in [0.4, 0.5) is 5.69 Å². The number of aromatic nitrogens is 2. The Labute approximate surface area is 140 Å². The molecule has 0 amide bonds. The van der Waals surface area contributed by atoms with Gasteiger partial charge in [0, 0.05) is 24.0 Å². The predicted octanol–water partition coefficient (Wildman–Crippen LogP) is 3.04. The number of rotatable bonds is 2. The molecule has 5 nitrogen and oxygen atoms in total. The van der Waals surface area contributed by atoms with Gasteiger partial charge in [0.05, 0.1) is 30.1 Å². The largest absolute Gasteiger partial charge is 0.388 e. The molecule has 0 spiro atoms. The van der Waals surface area contributed by atoms with Crippen molar-refractivity contribution in [1.82, 2.24) is 9.38 Å². The Hall–Kier alpha value is -2.84. The summed E-state index contributed by atoms with van der Waals surface area (Å²) in [6, 6.07) is 13.9. The maximum atomic E-state index is 10.3. The van der Waals surface area contributed by atoms with Gasteiger partial charge in [0.1, 0.15) is 11.7 Å². The maximum absolute atomic E-state index is 10.3. The molecule has 0 aliphatic carbocycles. The van der Waals surface area contributed by atoms with Crippen LogP contribution < -0.4 is 4.90 Å². The third-order valence-electron chi connectivity index (χ3n) is 4.61. The lowest BCUT2D eigenvalue weighted by molar-refractivity contribution is 0.168. The van der Waals surface area contributed by atoms with Crippen molar-refractivity contribution in [3.8, 4) is 6.07 Å². The summed E-state index contributed by atoms with van der Waals surface area (Å²) >= 11 is 0. The summed E-state index contributed by atoms with van der Waals surface area (Å²) in [6.07, 6.45) is 5.00. The molecular weight excluding hydrogens is 300 g/mol. The lowest BCUT2D eigenvalue weighted by Gasteiger charge is -2.25. The highest BCUT2D eigenvalue weighted by molar-refractivity contribution is 5.56. The molecule has 0 saturated heterocycles. The van der Waals surface area contributed by atoms with Crippen LogP contribution in [0.2, 0.25) is 0 Å². The number of hydrogen-bond donors (Lipinski definition) is 1. The highest BCUT2D eigenvalue weighted by atomic mass is 16.3. The highest BCUT2D eigenvalue weighted by Crippen LogP contribution is 2.33. The third kappa shape index (κ3) is 2.51. The van der Waals surface area contributed by atoms with Gasteiger partial charge >= 0.3 is 0 Å². The molecular formula is C19H18N4O. The SMILES string of the molecule is N#Cc1ccc2ncc(CN3CCCC(O)c4ccccc43)n2c1. The first kappa shape index (κ1) is 14.7. The molecule has 3 aromatic rings. The van der Waals surface area contributed by atoms with E-state index in [9.17, 15) is 5.11 Å². The quantitative estimate of drug-likeness (QED) is 0.789. The number of benzene rings is 1. The lowest BCUT2D eigenvalue weighted by atomic mass is 10.0. The van der Waals surface area contributed by atoms with Crippen LogP contribution in [0.15, 0.2) is 48.8 Å². The molecule has 1 atom stereocenters. The zero-order chi connectivity index (χ0) is 16.5. The molecule has 0 bridgehead atoms. The fraction of sp³-hybridized carbons (Fsp3) is 0.263. The van der Waals surface area contributed by atoms with Crippen LogP contribution in [0.5, 0.6) is 0 Å². The molecule has 5 heteroatoms. The van der Waals surface area contributed by atoms with E-state index in [0.717, 1.165) is 42.0 Å². The summed E-state index contributed by atoms with van der Waals surface area (Å²) in [4.78, 5) is 6.72. The Kier molecular flexibility index (Phi) is 3.68. The van der Waals surface area contributed by atoms with Crippen molar-refractivity contribution in [2.75, 3.05) is 11.4 Å². The molecule has 4 rings (SSSR count). The molecule has 0 radical (unpaired) electrons. The number of anilines is 1. The van der Waals surface area contributed by atoms with E-state index in [0.29, 0.717) is 12.1 Å². The van der Waals surface area contributed by atoms with Crippen molar-refractivity contribution >= 4 is 11.3 Å². The van der Waals surface area contributed by atoms with Crippen molar-refractivity contribution in [3.05, 3.63) is 65.6 Å². The maximum Gasteiger partial charge on any atom is 0.137 e. The second kappa shape index (κ2) is 5.99. The fourth-order valence-electron chi connectivity index (χ4n) is 3.38. The van der Waals surface area contributed by atoms with E-state index < -0.39 is 6.10 Å². The van der Waals surface area contributed by atoms with Crippen molar-refractivity contribution < 1.29 is 5.11 Å². The van der Waals surface area contributed by atoms with E-state index in [1.54, 1.807) is 6.07 Å². The van der Waals surface area contributed by atoms with E-state index >= 15 is 0 Å². The molecule has 1 aliphatic heterocycles. The Morgan fingerprint density at radius 2 is 2.12 bits per heavy atom. The number of nitriles is 1. The summed E-state index contributed by atoms with van der Waals surface area (Å²) in [5.74, 6) is 0. The van der Waals surface area contributed by atoms with E-state index in [-0.39, 0.29) is 0 Å². The minimum atomic E-state index is -0.404. The molecule has 1 N–H and O–H groups in total. The van der Waals surface area contributed by atoms with Crippen LogP contribution in [-0.2, 0) is 6.54 Å². The molecule has 0 saturated carbocycles. The Balaban J connectivity index is 1.73. The van der Waals surface area contributed by atoms with Gasteiger partial charge in [-0.25, -0.2) is 4.98 Å². The van der Waals surface area contributed by atoms with E-state index in [1.807, 2.05) is 41.1 Å². The van der Waals surface area contributed by atoms with E-state index in [4.69, 9.17) is 5.26 Å². The van der Waals surface area contributed by atoms with Crippen molar-refractivity contribution in [2.24, 2.45) is 0 Å². The molecule has 1 unspecified atom stereocenters.